The van der Waals surface area contributed by atoms with Gasteiger partial charge in [-0.05, 0) is 37.8 Å². The molecule has 2 rings (SSSR count). The van der Waals surface area contributed by atoms with Gasteiger partial charge in [0.15, 0.2) is 0 Å². The molecule has 3 N–H and O–H groups in total. The Morgan fingerprint density at radius 2 is 2.04 bits per heavy atom. The highest BCUT2D eigenvalue weighted by Gasteiger charge is 2.62. The maximum atomic E-state index is 12.8. The number of aryl methyl sites for hydroxylation is 1. The third kappa shape index (κ3) is 4.95. The Balaban J connectivity index is 0.00000364. The second-order valence-electron chi connectivity index (χ2n) is 8.31. The van der Waals surface area contributed by atoms with E-state index in [9.17, 15) is 4.79 Å². The van der Waals surface area contributed by atoms with Crippen LogP contribution in [-0.4, -0.2) is 30.8 Å². The minimum atomic E-state index is -0.934. The monoisotopic (exact) mass is 398 g/mol. The molecule has 0 saturated heterocycles. The molecule has 0 bridgehead atoms. The summed E-state index contributed by atoms with van der Waals surface area (Å²) in [6.45, 7) is 13.6. The fraction of sp³-hybridized carbons (Fsp3) is 0.667. The summed E-state index contributed by atoms with van der Waals surface area (Å²) < 4.78 is 11.6. The van der Waals surface area contributed by atoms with Gasteiger partial charge in [0.05, 0.1) is 12.7 Å². The zero-order chi connectivity index (χ0) is 19.5. The van der Waals surface area contributed by atoms with Gasteiger partial charge in [0.2, 0.25) is 5.91 Å². The normalized spacial score (nSPS) is 23.3. The molecule has 1 fully saturated rings. The molecule has 1 aliphatic rings. The number of halogens is 1. The van der Waals surface area contributed by atoms with Gasteiger partial charge in [-0.3, -0.25) is 4.79 Å². The van der Waals surface area contributed by atoms with Crippen molar-refractivity contribution < 1.29 is 14.3 Å². The van der Waals surface area contributed by atoms with E-state index < -0.39 is 11.0 Å². The van der Waals surface area contributed by atoms with Crippen molar-refractivity contribution in [2.45, 2.75) is 66.0 Å². The molecule has 0 aromatic heterocycles. The van der Waals surface area contributed by atoms with Crippen LogP contribution < -0.4 is 15.8 Å². The summed E-state index contributed by atoms with van der Waals surface area (Å²) in [5.41, 5.74) is 6.87. The number of hydrogen-bond donors (Lipinski definition) is 2. The molecule has 1 aliphatic carbocycles. The molecule has 1 aromatic rings. The molecule has 0 heterocycles. The molecule has 0 radical (unpaired) electrons. The number of hydrogen-bond acceptors (Lipinski definition) is 4. The predicted molar refractivity (Wildman–Crippen MR) is 113 cm³/mol. The number of carbonyl (C=O) groups is 1. The van der Waals surface area contributed by atoms with Crippen LogP contribution in [0.1, 0.15) is 53.0 Å². The van der Waals surface area contributed by atoms with Crippen molar-refractivity contribution in [3.05, 3.63) is 23.8 Å². The van der Waals surface area contributed by atoms with Crippen molar-refractivity contribution in [2.75, 3.05) is 18.5 Å². The second kappa shape index (κ2) is 9.26. The maximum Gasteiger partial charge on any atom is 0.245 e. The van der Waals surface area contributed by atoms with Crippen molar-refractivity contribution in [1.29, 1.82) is 0 Å². The van der Waals surface area contributed by atoms with E-state index in [1.54, 1.807) is 0 Å². The summed E-state index contributed by atoms with van der Waals surface area (Å²) in [5.74, 6) is 1.22. The van der Waals surface area contributed by atoms with Gasteiger partial charge in [0, 0.05) is 30.2 Å². The number of nitrogens with one attached hydrogen (secondary N) is 1. The highest BCUT2D eigenvalue weighted by atomic mass is 35.5. The molecule has 0 spiro atoms. The van der Waals surface area contributed by atoms with Crippen LogP contribution >= 0.6 is 12.4 Å². The first kappa shape index (κ1) is 23.7. The quantitative estimate of drug-likeness (QED) is 0.684. The number of anilines is 1. The third-order valence-corrected chi connectivity index (χ3v) is 5.63. The van der Waals surface area contributed by atoms with E-state index >= 15 is 0 Å². The molecule has 154 valence electrons. The summed E-state index contributed by atoms with van der Waals surface area (Å²) in [5, 5.41) is 2.97. The van der Waals surface area contributed by atoms with Crippen molar-refractivity contribution in [3.8, 4) is 5.75 Å². The van der Waals surface area contributed by atoms with E-state index in [-0.39, 0.29) is 24.4 Å². The van der Waals surface area contributed by atoms with Crippen LogP contribution in [0.3, 0.4) is 0 Å². The van der Waals surface area contributed by atoms with Crippen LogP contribution in [0.25, 0.3) is 0 Å². The zero-order valence-corrected chi connectivity index (χ0v) is 18.2. The van der Waals surface area contributed by atoms with Crippen molar-refractivity contribution in [3.63, 3.8) is 0 Å². The largest absolute Gasteiger partial charge is 0.493 e. The van der Waals surface area contributed by atoms with E-state index in [1.165, 1.54) is 0 Å². The lowest BCUT2D eigenvalue weighted by Gasteiger charge is -2.57. The fourth-order valence-corrected chi connectivity index (χ4v) is 3.30. The fourth-order valence-electron chi connectivity index (χ4n) is 3.30. The molecule has 1 saturated carbocycles. The molecule has 2 unspecified atom stereocenters. The molecule has 1 aromatic carbocycles. The Morgan fingerprint density at radius 1 is 1.37 bits per heavy atom. The highest BCUT2D eigenvalue weighted by molar-refractivity contribution is 6.00. The SMILES string of the molecule is CCOC1CC(N)(C(=O)Nc2ccc(C)c(OCCC(C)C)c2)C1(C)C.Cl. The minimum Gasteiger partial charge on any atom is -0.493 e. The van der Waals surface area contributed by atoms with E-state index in [4.69, 9.17) is 15.2 Å². The number of amides is 1. The van der Waals surface area contributed by atoms with Gasteiger partial charge >= 0.3 is 0 Å². The first-order chi connectivity index (χ1) is 12.1. The number of rotatable bonds is 8. The molecular formula is C21H35ClN2O3. The average Bonchev–Trinajstić information content (AvgIpc) is 2.56. The summed E-state index contributed by atoms with van der Waals surface area (Å²) in [6.07, 6.45) is 1.54. The predicted octanol–water partition coefficient (Wildman–Crippen LogP) is 4.31. The summed E-state index contributed by atoms with van der Waals surface area (Å²) in [7, 11) is 0. The summed E-state index contributed by atoms with van der Waals surface area (Å²) in [6, 6.07) is 5.72. The van der Waals surface area contributed by atoms with Crippen LogP contribution in [0.4, 0.5) is 5.69 Å². The topological polar surface area (TPSA) is 73.6 Å². The summed E-state index contributed by atoms with van der Waals surface area (Å²) >= 11 is 0. The van der Waals surface area contributed by atoms with Gasteiger partial charge in [-0.25, -0.2) is 0 Å². The zero-order valence-electron chi connectivity index (χ0n) is 17.4. The Hall–Kier alpha value is -1.30. The van der Waals surface area contributed by atoms with Crippen molar-refractivity contribution in [2.24, 2.45) is 17.1 Å². The molecule has 5 nitrogen and oxygen atoms in total. The maximum absolute atomic E-state index is 12.8. The molecule has 6 heteroatoms. The lowest BCUT2D eigenvalue weighted by Crippen LogP contribution is -2.74. The molecule has 27 heavy (non-hydrogen) atoms. The summed E-state index contributed by atoms with van der Waals surface area (Å²) in [4.78, 5) is 12.8. The van der Waals surface area contributed by atoms with Crippen LogP contribution in [-0.2, 0) is 9.53 Å². The highest BCUT2D eigenvalue weighted by Crippen LogP contribution is 2.50. The van der Waals surface area contributed by atoms with E-state index in [1.807, 2.05) is 45.9 Å². The smallest absolute Gasteiger partial charge is 0.245 e. The number of carbonyl (C=O) groups excluding carboxylic acids is 1. The van der Waals surface area contributed by atoms with Crippen LogP contribution in [0, 0.1) is 18.3 Å². The Morgan fingerprint density at radius 3 is 2.59 bits per heavy atom. The Kier molecular flexibility index (Phi) is 8.14. The van der Waals surface area contributed by atoms with Crippen LogP contribution in [0.15, 0.2) is 18.2 Å². The van der Waals surface area contributed by atoms with Gasteiger partial charge in [0.1, 0.15) is 11.3 Å². The standard InChI is InChI=1S/C21H34N2O3.ClH/c1-7-25-18-13-21(22,20(18,5)6)19(24)23-16-9-8-15(4)17(12-16)26-11-10-14(2)3;/h8-9,12,14,18H,7,10-11,13,22H2,1-6H3,(H,23,24);1H. The lowest BCUT2D eigenvalue weighted by molar-refractivity contribution is -0.166. The third-order valence-electron chi connectivity index (χ3n) is 5.63. The van der Waals surface area contributed by atoms with Gasteiger partial charge in [-0.2, -0.15) is 0 Å². The van der Waals surface area contributed by atoms with Gasteiger partial charge in [-0.15, -0.1) is 12.4 Å². The van der Waals surface area contributed by atoms with Gasteiger partial charge in [0.25, 0.3) is 0 Å². The number of ether oxygens (including phenoxy) is 2. The van der Waals surface area contributed by atoms with Crippen molar-refractivity contribution >= 4 is 24.0 Å². The first-order valence-electron chi connectivity index (χ1n) is 9.57. The Labute approximate surface area is 169 Å². The molecule has 1 amide bonds. The average molecular weight is 399 g/mol. The van der Waals surface area contributed by atoms with Crippen LogP contribution in [0.2, 0.25) is 0 Å². The lowest BCUT2D eigenvalue weighted by atomic mass is 9.54. The number of nitrogens with two attached hydrogens (primary N) is 1. The van der Waals surface area contributed by atoms with Crippen molar-refractivity contribution in [1.82, 2.24) is 0 Å². The molecule has 0 aliphatic heterocycles. The van der Waals surface area contributed by atoms with Gasteiger partial charge in [-0.1, -0.05) is 33.8 Å². The number of benzene rings is 1. The Bertz CT molecular complexity index is 648. The van der Waals surface area contributed by atoms with E-state index in [2.05, 4.69) is 19.2 Å². The first-order valence-corrected chi connectivity index (χ1v) is 9.57. The molecule has 2 atom stereocenters. The second-order valence-corrected chi connectivity index (χ2v) is 8.31. The molecular weight excluding hydrogens is 364 g/mol. The van der Waals surface area contributed by atoms with E-state index in [0.717, 1.165) is 17.7 Å². The minimum absolute atomic E-state index is 0. The van der Waals surface area contributed by atoms with Crippen LogP contribution in [0.5, 0.6) is 5.75 Å². The van der Waals surface area contributed by atoms with Gasteiger partial charge < -0.3 is 20.5 Å². The van der Waals surface area contributed by atoms with E-state index in [0.29, 0.717) is 31.2 Å².